The van der Waals surface area contributed by atoms with Crippen LogP contribution in [0.25, 0.3) is 0 Å². The van der Waals surface area contributed by atoms with E-state index in [1.54, 1.807) is 4.90 Å². The summed E-state index contributed by atoms with van der Waals surface area (Å²) in [5.74, 6) is -0.808. The Bertz CT molecular complexity index is 297. The predicted molar refractivity (Wildman–Crippen MR) is 73.2 cm³/mol. The minimum absolute atomic E-state index is 0.0201. The van der Waals surface area contributed by atoms with Gasteiger partial charge in [-0.3, -0.25) is 9.69 Å². The summed E-state index contributed by atoms with van der Waals surface area (Å²) in [6.07, 6.45) is 4.12. The number of unbranched alkanes of at least 4 members (excludes halogenated alkanes) is 2. The number of hydrogen-bond donors (Lipinski definition) is 2. The minimum atomic E-state index is -0.808. The van der Waals surface area contributed by atoms with Crippen molar-refractivity contribution in [1.29, 1.82) is 0 Å². The van der Waals surface area contributed by atoms with Crippen molar-refractivity contribution in [1.82, 2.24) is 15.1 Å². The molecule has 1 aliphatic rings. The van der Waals surface area contributed by atoms with Gasteiger partial charge in [-0.1, -0.05) is 19.8 Å². The summed E-state index contributed by atoms with van der Waals surface area (Å²) < 4.78 is 0. The molecule has 0 bridgehead atoms. The van der Waals surface area contributed by atoms with Crippen molar-refractivity contribution in [3.63, 3.8) is 0 Å². The number of nitrogens with zero attached hydrogens (tertiary/aromatic N) is 2. The summed E-state index contributed by atoms with van der Waals surface area (Å²) >= 11 is 0. The first kappa shape index (κ1) is 15.8. The fraction of sp³-hybridized carbons (Fsp3) is 0.846. The molecular formula is C13H25N3O3. The first-order chi connectivity index (χ1) is 9.13. The van der Waals surface area contributed by atoms with Crippen molar-refractivity contribution in [2.45, 2.75) is 32.6 Å². The molecule has 110 valence electrons. The highest BCUT2D eigenvalue weighted by atomic mass is 16.4. The van der Waals surface area contributed by atoms with Crippen molar-refractivity contribution < 1.29 is 14.7 Å². The number of carboxylic acids is 1. The number of nitrogens with one attached hydrogen (secondary N) is 1. The topological polar surface area (TPSA) is 72.9 Å². The number of hydrogen-bond acceptors (Lipinski definition) is 3. The SMILES string of the molecule is CCCCCNC(=O)N1CCCN(CC(=O)O)CC1. The maximum atomic E-state index is 11.9. The second kappa shape index (κ2) is 8.74. The lowest BCUT2D eigenvalue weighted by Crippen LogP contribution is -2.42. The van der Waals surface area contributed by atoms with Gasteiger partial charge in [0.05, 0.1) is 6.54 Å². The lowest BCUT2D eigenvalue weighted by molar-refractivity contribution is -0.138. The van der Waals surface area contributed by atoms with E-state index in [1.165, 1.54) is 0 Å². The Hall–Kier alpha value is -1.30. The molecule has 0 unspecified atom stereocenters. The standard InChI is InChI=1S/C13H25N3O3/c1-2-3-4-6-14-13(19)16-8-5-7-15(9-10-16)11-12(17)18/h2-11H2,1H3,(H,14,19)(H,17,18). The fourth-order valence-electron chi connectivity index (χ4n) is 2.21. The summed E-state index contributed by atoms with van der Waals surface area (Å²) in [5, 5.41) is 11.7. The third-order valence-electron chi connectivity index (χ3n) is 3.29. The Balaban J connectivity index is 2.27. The first-order valence-corrected chi connectivity index (χ1v) is 7.10. The molecule has 0 spiro atoms. The summed E-state index contributed by atoms with van der Waals surface area (Å²) in [5.41, 5.74) is 0. The number of carboxylic acid groups (broad SMARTS) is 1. The molecule has 1 heterocycles. The fourth-order valence-corrected chi connectivity index (χ4v) is 2.21. The Morgan fingerprint density at radius 1 is 1.16 bits per heavy atom. The van der Waals surface area contributed by atoms with Crippen LogP contribution in [0.3, 0.4) is 0 Å². The van der Waals surface area contributed by atoms with Crippen LogP contribution in [-0.2, 0) is 4.79 Å². The maximum absolute atomic E-state index is 11.9. The summed E-state index contributed by atoms with van der Waals surface area (Å²) in [6, 6.07) is -0.0201. The van der Waals surface area contributed by atoms with E-state index in [0.29, 0.717) is 19.6 Å². The molecule has 0 atom stereocenters. The minimum Gasteiger partial charge on any atom is -0.480 e. The van der Waals surface area contributed by atoms with Gasteiger partial charge in [-0.2, -0.15) is 0 Å². The van der Waals surface area contributed by atoms with E-state index < -0.39 is 5.97 Å². The Morgan fingerprint density at radius 3 is 2.63 bits per heavy atom. The van der Waals surface area contributed by atoms with Crippen molar-refractivity contribution in [3.8, 4) is 0 Å². The van der Waals surface area contributed by atoms with E-state index in [1.807, 2.05) is 4.90 Å². The highest BCUT2D eigenvalue weighted by molar-refractivity contribution is 5.74. The molecule has 2 N–H and O–H groups in total. The number of amides is 2. The number of aliphatic carboxylic acids is 1. The molecule has 1 aliphatic heterocycles. The molecule has 6 nitrogen and oxygen atoms in total. The van der Waals surface area contributed by atoms with Crippen LogP contribution in [0.2, 0.25) is 0 Å². The molecule has 0 aromatic carbocycles. The normalized spacial score (nSPS) is 17.0. The van der Waals surface area contributed by atoms with Gasteiger partial charge in [0.15, 0.2) is 0 Å². The zero-order valence-electron chi connectivity index (χ0n) is 11.7. The molecule has 0 aromatic heterocycles. The van der Waals surface area contributed by atoms with E-state index >= 15 is 0 Å². The average molecular weight is 271 g/mol. The van der Waals surface area contributed by atoms with Gasteiger partial charge in [0, 0.05) is 32.7 Å². The second-order valence-electron chi connectivity index (χ2n) is 4.95. The second-order valence-corrected chi connectivity index (χ2v) is 4.95. The quantitative estimate of drug-likeness (QED) is 0.706. The molecular weight excluding hydrogens is 246 g/mol. The monoisotopic (exact) mass is 271 g/mol. The van der Waals surface area contributed by atoms with Gasteiger partial charge < -0.3 is 15.3 Å². The van der Waals surface area contributed by atoms with Crippen LogP contribution in [0.1, 0.15) is 32.6 Å². The molecule has 0 saturated carbocycles. The first-order valence-electron chi connectivity index (χ1n) is 7.10. The van der Waals surface area contributed by atoms with E-state index in [0.717, 1.165) is 38.8 Å². The summed E-state index contributed by atoms with van der Waals surface area (Å²) in [4.78, 5) is 26.3. The van der Waals surface area contributed by atoms with Gasteiger partial charge in [0.25, 0.3) is 0 Å². The van der Waals surface area contributed by atoms with Gasteiger partial charge >= 0.3 is 12.0 Å². The largest absolute Gasteiger partial charge is 0.480 e. The van der Waals surface area contributed by atoms with E-state index in [9.17, 15) is 9.59 Å². The molecule has 0 aliphatic carbocycles. The third kappa shape index (κ3) is 6.42. The van der Waals surface area contributed by atoms with Crippen molar-refractivity contribution in [2.24, 2.45) is 0 Å². The van der Waals surface area contributed by atoms with Crippen LogP contribution in [0.4, 0.5) is 4.79 Å². The Labute approximate surface area is 114 Å². The molecule has 2 amide bonds. The Kier molecular flexibility index (Phi) is 7.25. The van der Waals surface area contributed by atoms with Gasteiger partial charge in [-0.15, -0.1) is 0 Å². The van der Waals surface area contributed by atoms with Crippen LogP contribution < -0.4 is 5.32 Å². The van der Waals surface area contributed by atoms with E-state index in [-0.39, 0.29) is 12.6 Å². The van der Waals surface area contributed by atoms with Crippen LogP contribution in [-0.4, -0.2) is 66.2 Å². The molecule has 6 heteroatoms. The molecule has 0 radical (unpaired) electrons. The molecule has 1 rings (SSSR count). The van der Waals surface area contributed by atoms with Crippen molar-refractivity contribution >= 4 is 12.0 Å². The maximum Gasteiger partial charge on any atom is 0.317 e. The highest BCUT2D eigenvalue weighted by Crippen LogP contribution is 2.03. The summed E-state index contributed by atoms with van der Waals surface area (Å²) in [7, 11) is 0. The smallest absolute Gasteiger partial charge is 0.317 e. The van der Waals surface area contributed by atoms with Gasteiger partial charge in [-0.05, 0) is 12.8 Å². The van der Waals surface area contributed by atoms with Crippen LogP contribution in [0.5, 0.6) is 0 Å². The molecule has 1 fully saturated rings. The number of carbonyl (C=O) groups is 2. The lowest BCUT2D eigenvalue weighted by atomic mass is 10.2. The van der Waals surface area contributed by atoms with Crippen molar-refractivity contribution in [3.05, 3.63) is 0 Å². The van der Waals surface area contributed by atoms with Crippen molar-refractivity contribution in [2.75, 3.05) is 39.3 Å². The zero-order valence-corrected chi connectivity index (χ0v) is 11.7. The van der Waals surface area contributed by atoms with Crippen LogP contribution >= 0.6 is 0 Å². The van der Waals surface area contributed by atoms with Crippen LogP contribution in [0, 0.1) is 0 Å². The van der Waals surface area contributed by atoms with Gasteiger partial charge in [0.1, 0.15) is 0 Å². The molecule has 1 saturated heterocycles. The van der Waals surface area contributed by atoms with E-state index in [2.05, 4.69) is 12.2 Å². The van der Waals surface area contributed by atoms with Gasteiger partial charge in [0.2, 0.25) is 0 Å². The van der Waals surface area contributed by atoms with Gasteiger partial charge in [-0.25, -0.2) is 4.79 Å². The highest BCUT2D eigenvalue weighted by Gasteiger charge is 2.19. The zero-order chi connectivity index (χ0) is 14.1. The summed E-state index contributed by atoms with van der Waals surface area (Å²) in [6.45, 7) is 5.60. The molecule has 19 heavy (non-hydrogen) atoms. The predicted octanol–water partition coefficient (Wildman–Crippen LogP) is 0.979. The lowest BCUT2D eigenvalue weighted by Gasteiger charge is -2.21. The Morgan fingerprint density at radius 2 is 1.95 bits per heavy atom. The molecule has 0 aromatic rings. The number of carbonyl (C=O) groups excluding carboxylic acids is 1. The van der Waals surface area contributed by atoms with Crippen LogP contribution in [0.15, 0.2) is 0 Å². The average Bonchev–Trinajstić information content (AvgIpc) is 2.59. The number of rotatable bonds is 6. The number of urea groups is 1. The van der Waals surface area contributed by atoms with E-state index in [4.69, 9.17) is 5.11 Å². The third-order valence-corrected chi connectivity index (χ3v) is 3.29.